The minimum atomic E-state index is -0.408. The lowest BCUT2D eigenvalue weighted by Crippen LogP contribution is -2.51. The number of hydrogen-bond donors (Lipinski definition) is 3. The summed E-state index contributed by atoms with van der Waals surface area (Å²) in [6.07, 6.45) is 0.757. The second kappa shape index (κ2) is 5.19. The molecule has 0 saturated heterocycles. The van der Waals surface area contributed by atoms with Gasteiger partial charge in [0.1, 0.15) is 5.75 Å². The minimum Gasteiger partial charge on any atom is -0.508 e. The van der Waals surface area contributed by atoms with Crippen molar-refractivity contribution in [2.75, 3.05) is 6.54 Å². The Morgan fingerprint density at radius 1 is 1.53 bits per heavy atom. The molecule has 0 radical (unpaired) electrons. The molecule has 0 aromatic heterocycles. The molecule has 1 aromatic rings. The minimum absolute atomic E-state index is 0.128. The molecular weight excluding hydrogens is 216 g/mol. The third-order valence-electron chi connectivity index (χ3n) is 3.20. The van der Waals surface area contributed by atoms with E-state index in [0.29, 0.717) is 17.7 Å². The molecule has 94 valence electrons. The highest BCUT2D eigenvalue weighted by atomic mass is 16.3. The summed E-state index contributed by atoms with van der Waals surface area (Å²) in [6, 6.07) is 4.91. The van der Waals surface area contributed by atoms with Gasteiger partial charge in [0.2, 0.25) is 0 Å². The van der Waals surface area contributed by atoms with Crippen molar-refractivity contribution in [1.82, 2.24) is 5.32 Å². The number of rotatable bonds is 4. The Bertz CT molecular complexity index is 412. The highest BCUT2D eigenvalue weighted by molar-refractivity contribution is 5.96. The van der Waals surface area contributed by atoms with Crippen LogP contribution in [0.4, 0.5) is 0 Å². The van der Waals surface area contributed by atoms with Gasteiger partial charge >= 0.3 is 0 Å². The molecule has 4 nitrogen and oxygen atoms in total. The van der Waals surface area contributed by atoms with Gasteiger partial charge in [-0.1, -0.05) is 13.0 Å². The molecule has 0 bridgehead atoms. The van der Waals surface area contributed by atoms with E-state index in [-0.39, 0.29) is 11.7 Å². The van der Waals surface area contributed by atoms with Crippen molar-refractivity contribution < 1.29 is 9.90 Å². The van der Waals surface area contributed by atoms with Gasteiger partial charge in [-0.25, -0.2) is 0 Å². The Morgan fingerprint density at radius 2 is 2.18 bits per heavy atom. The van der Waals surface area contributed by atoms with Gasteiger partial charge in [0, 0.05) is 23.2 Å². The highest BCUT2D eigenvalue weighted by Gasteiger charge is 2.24. The summed E-state index contributed by atoms with van der Waals surface area (Å²) in [6.45, 7) is 5.98. The summed E-state index contributed by atoms with van der Waals surface area (Å²) in [5.41, 5.74) is 6.31. The maximum atomic E-state index is 12.1. The van der Waals surface area contributed by atoms with Crippen molar-refractivity contribution in [2.45, 2.75) is 32.7 Å². The number of carbonyl (C=O) groups excluding carboxylic acids is 1. The number of hydrogen-bond acceptors (Lipinski definition) is 3. The topological polar surface area (TPSA) is 75.3 Å². The van der Waals surface area contributed by atoms with Crippen LogP contribution in [0.5, 0.6) is 5.75 Å². The van der Waals surface area contributed by atoms with Crippen LogP contribution >= 0.6 is 0 Å². The van der Waals surface area contributed by atoms with E-state index < -0.39 is 5.54 Å². The Morgan fingerprint density at radius 3 is 2.71 bits per heavy atom. The molecule has 0 fully saturated rings. The van der Waals surface area contributed by atoms with Crippen LogP contribution in [0.25, 0.3) is 0 Å². The zero-order valence-corrected chi connectivity index (χ0v) is 10.6. The van der Waals surface area contributed by atoms with Gasteiger partial charge in [0.15, 0.2) is 0 Å². The molecule has 17 heavy (non-hydrogen) atoms. The maximum Gasteiger partial charge on any atom is 0.252 e. The highest BCUT2D eigenvalue weighted by Crippen LogP contribution is 2.20. The van der Waals surface area contributed by atoms with Gasteiger partial charge in [-0.2, -0.15) is 0 Å². The molecule has 1 unspecified atom stereocenters. The SMILES string of the molecule is CCC(C)(CN)NC(=O)c1cccc(O)c1C. The second-order valence-corrected chi connectivity index (χ2v) is 4.52. The van der Waals surface area contributed by atoms with Crippen LogP contribution in [0.3, 0.4) is 0 Å². The molecule has 4 heteroatoms. The van der Waals surface area contributed by atoms with E-state index in [2.05, 4.69) is 5.32 Å². The lowest BCUT2D eigenvalue weighted by molar-refractivity contribution is 0.0905. The fourth-order valence-electron chi connectivity index (χ4n) is 1.49. The number of carbonyl (C=O) groups is 1. The van der Waals surface area contributed by atoms with E-state index in [0.717, 1.165) is 6.42 Å². The molecule has 0 aliphatic rings. The zero-order valence-electron chi connectivity index (χ0n) is 10.6. The maximum absolute atomic E-state index is 12.1. The van der Waals surface area contributed by atoms with Crippen LogP contribution in [0.15, 0.2) is 18.2 Å². The van der Waals surface area contributed by atoms with Crippen LogP contribution in [-0.4, -0.2) is 23.1 Å². The Balaban J connectivity index is 2.94. The number of phenols is 1. The number of phenolic OH excluding ortho intramolecular Hbond substituents is 1. The van der Waals surface area contributed by atoms with Gasteiger partial charge in [-0.3, -0.25) is 4.79 Å². The van der Waals surface area contributed by atoms with E-state index in [1.54, 1.807) is 25.1 Å². The Kier molecular flexibility index (Phi) is 4.12. The van der Waals surface area contributed by atoms with Crippen LogP contribution in [0.1, 0.15) is 36.2 Å². The van der Waals surface area contributed by atoms with E-state index in [1.165, 1.54) is 0 Å². The third-order valence-corrected chi connectivity index (χ3v) is 3.20. The van der Waals surface area contributed by atoms with Crippen molar-refractivity contribution in [2.24, 2.45) is 5.73 Å². The summed E-state index contributed by atoms with van der Waals surface area (Å²) in [4.78, 5) is 12.1. The quantitative estimate of drug-likeness (QED) is 0.742. The first kappa shape index (κ1) is 13.5. The first-order chi connectivity index (χ1) is 7.93. The number of amides is 1. The fourth-order valence-corrected chi connectivity index (χ4v) is 1.49. The van der Waals surface area contributed by atoms with Gasteiger partial charge in [0.25, 0.3) is 5.91 Å². The molecule has 1 rings (SSSR count). The lowest BCUT2D eigenvalue weighted by Gasteiger charge is -2.28. The lowest BCUT2D eigenvalue weighted by atomic mass is 9.97. The fraction of sp³-hybridized carbons (Fsp3) is 0.462. The van der Waals surface area contributed by atoms with E-state index in [4.69, 9.17) is 5.73 Å². The predicted molar refractivity (Wildman–Crippen MR) is 68.1 cm³/mol. The number of nitrogens with two attached hydrogens (primary N) is 1. The van der Waals surface area contributed by atoms with Crippen molar-refractivity contribution in [3.63, 3.8) is 0 Å². The van der Waals surface area contributed by atoms with Crippen molar-refractivity contribution >= 4 is 5.91 Å². The van der Waals surface area contributed by atoms with Gasteiger partial charge in [-0.05, 0) is 32.4 Å². The summed E-state index contributed by atoms with van der Waals surface area (Å²) >= 11 is 0. The molecule has 1 atom stereocenters. The molecule has 0 aliphatic heterocycles. The summed E-state index contributed by atoms with van der Waals surface area (Å²) < 4.78 is 0. The predicted octanol–water partition coefficient (Wildman–Crippen LogP) is 1.56. The average Bonchev–Trinajstić information content (AvgIpc) is 2.32. The largest absolute Gasteiger partial charge is 0.508 e. The van der Waals surface area contributed by atoms with E-state index in [9.17, 15) is 9.90 Å². The summed E-state index contributed by atoms with van der Waals surface area (Å²) in [5, 5.41) is 12.5. The molecule has 1 amide bonds. The molecule has 0 spiro atoms. The number of nitrogens with one attached hydrogen (secondary N) is 1. The molecule has 1 aromatic carbocycles. The van der Waals surface area contributed by atoms with Crippen LogP contribution in [-0.2, 0) is 0 Å². The molecule has 0 heterocycles. The van der Waals surface area contributed by atoms with Crippen LogP contribution in [0.2, 0.25) is 0 Å². The van der Waals surface area contributed by atoms with Crippen LogP contribution in [0, 0.1) is 6.92 Å². The second-order valence-electron chi connectivity index (χ2n) is 4.52. The normalized spacial score (nSPS) is 14.1. The number of aromatic hydroxyl groups is 1. The average molecular weight is 236 g/mol. The molecular formula is C13H20N2O2. The van der Waals surface area contributed by atoms with Crippen molar-refractivity contribution in [3.8, 4) is 5.75 Å². The smallest absolute Gasteiger partial charge is 0.252 e. The zero-order chi connectivity index (χ0) is 13.1. The monoisotopic (exact) mass is 236 g/mol. The van der Waals surface area contributed by atoms with Gasteiger partial charge in [0.05, 0.1) is 0 Å². The number of benzene rings is 1. The van der Waals surface area contributed by atoms with Gasteiger partial charge in [-0.15, -0.1) is 0 Å². The van der Waals surface area contributed by atoms with Gasteiger partial charge < -0.3 is 16.2 Å². The Labute approximate surface area is 102 Å². The molecule has 0 saturated carbocycles. The summed E-state index contributed by atoms with van der Waals surface area (Å²) in [5.74, 6) is -0.0724. The third kappa shape index (κ3) is 2.97. The first-order valence-electron chi connectivity index (χ1n) is 5.74. The summed E-state index contributed by atoms with van der Waals surface area (Å²) in [7, 11) is 0. The van der Waals surface area contributed by atoms with Crippen LogP contribution < -0.4 is 11.1 Å². The van der Waals surface area contributed by atoms with E-state index in [1.807, 2.05) is 13.8 Å². The Hall–Kier alpha value is -1.55. The standard InChI is InChI=1S/C13H20N2O2/c1-4-13(3,8-14)15-12(17)10-6-5-7-11(16)9(10)2/h5-7,16H,4,8,14H2,1-3H3,(H,15,17). The first-order valence-corrected chi connectivity index (χ1v) is 5.74. The van der Waals surface area contributed by atoms with Crippen molar-refractivity contribution in [3.05, 3.63) is 29.3 Å². The van der Waals surface area contributed by atoms with E-state index >= 15 is 0 Å². The van der Waals surface area contributed by atoms with Crippen molar-refractivity contribution in [1.29, 1.82) is 0 Å². The molecule has 4 N–H and O–H groups in total. The molecule has 0 aliphatic carbocycles.